The van der Waals surface area contributed by atoms with Crippen molar-refractivity contribution in [2.24, 2.45) is 0 Å². The van der Waals surface area contributed by atoms with Crippen LogP contribution in [0.5, 0.6) is 0 Å². The summed E-state index contributed by atoms with van der Waals surface area (Å²) in [6, 6.07) is 15.8. The molecule has 0 saturated heterocycles. The molecule has 0 bridgehead atoms. The van der Waals surface area contributed by atoms with Crippen LogP contribution in [0.2, 0.25) is 0 Å². The number of aryl methyl sites for hydroxylation is 1. The van der Waals surface area contributed by atoms with Crippen molar-refractivity contribution in [3.63, 3.8) is 0 Å². The molecule has 0 radical (unpaired) electrons. The summed E-state index contributed by atoms with van der Waals surface area (Å²) in [4.78, 5) is 0.187. The number of sulfone groups is 1. The van der Waals surface area contributed by atoms with Crippen LogP contribution in [0.25, 0.3) is 0 Å². The summed E-state index contributed by atoms with van der Waals surface area (Å²) in [6.45, 7) is 2.32. The summed E-state index contributed by atoms with van der Waals surface area (Å²) in [6.07, 6.45) is 0. The monoisotopic (exact) mass is 300 g/mol. The van der Waals surface area contributed by atoms with Crippen molar-refractivity contribution < 1.29 is 8.42 Å². The van der Waals surface area contributed by atoms with Crippen LogP contribution in [0.4, 0.5) is 5.69 Å². The predicted octanol–water partition coefficient (Wildman–Crippen LogP) is 2.75. The van der Waals surface area contributed by atoms with Crippen molar-refractivity contribution in [3.05, 3.63) is 59.7 Å². The maximum Gasteiger partial charge on any atom is 0.180 e. The average Bonchev–Trinajstić information content (AvgIpc) is 2.49. The molecule has 0 heterocycles. The lowest BCUT2D eigenvalue weighted by molar-refractivity contribution is 0.596. The molecule has 5 heteroatoms. The molecule has 0 fully saturated rings. The third-order valence-corrected chi connectivity index (χ3v) is 4.79. The van der Waals surface area contributed by atoms with E-state index in [0.717, 1.165) is 11.3 Å². The molecular formula is C16H16N2O2S. The zero-order valence-corrected chi connectivity index (χ0v) is 12.5. The van der Waals surface area contributed by atoms with Gasteiger partial charge in [-0.1, -0.05) is 23.8 Å². The van der Waals surface area contributed by atoms with Crippen LogP contribution in [0.1, 0.15) is 11.1 Å². The van der Waals surface area contributed by atoms with E-state index in [2.05, 4.69) is 5.32 Å². The Morgan fingerprint density at radius 2 is 1.86 bits per heavy atom. The van der Waals surface area contributed by atoms with Crippen LogP contribution >= 0.6 is 0 Å². The summed E-state index contributed by atoms with van der Waals surface area (Å²) in [5.41, 5.74) is 2.39. The van der Waals surface area contributed by atoms with Gasteiger partial charge in [0.15, 0.2) is 9.84 Å². The maximum absolute atomic E-state index is 12.2. The van der Waals surface area contributed by atoms with Gasteiger partial charge in [0.1, 0.15) is 0 Å². The van der Waals surface area contributed by atoms with E-state index >= 15 is 0 Å². The molecule has 2 aromatic carbocycles. The Morgan fingerprint density at radius 1 is 1.14 bits per heavy atom. The first-order valence-corrected chi connectivity index (χ1v) is 8.20. The summed E-state index contributed by atoms with van der Waals surface area (Å²) < 4.78 is 24.4. The first-order chi connectivity index (χ1) is 10.0. The summed E-state index contributed by atoms with van der Waals surface area (Å²) in [7, 11) is -3.38. The number of hydrogen-bond donors (Lipinski definition) is 1. The van der Waals surface area contributed by atoms with Crippen LogP contribution < -0.4 is 5.32 Å². The molecule has 2 aromatic rings. The van der Waals surface area contributed by atoms with Gasteiger partial charge in [0.25, 0.3) is 0 Å². The molecular weight excluding hydrogens is 284 g/mol. The molecule has 0 aliphatic rings. The Hall–Kier alpha value is -2.32. The minimum atomic E-state index is -3.38. The number of hydrogen-bond acceptors (Lipinski definition) is 4. The molecule has 0 atom stereocenters. The number of nitrogens with one attached hydrogen (secondary N) is 1. The third-order valence-electron chi connectivity index (χ3n) is 3.07. The van der Waals surface area contributed by atoms with E-state index in [9.17, 15) is 8.42 Å². The highest BCUT2D eigenvalue weighted by molar-refractivity contribution is 7.91. The second-order valence-electron chi connectivity index (χ2n) is 4.75. The lowest BCUT2D eigenvalue weighted by atomic mass is 10.2. The Kier molecular flexibility index (Phi) is 4.61. The van der Waals surface area contributed by atoms with E-state index in [0.29, 0.717) is 12.1 Å². The fourth-order valence-electron chi connectivity index (χ4n) is 1.88. The molecule has 0 spiro atoms. The molecule has 2 rings (SSSR count). The van der Waals surface area contributed by atoms with E-state index in [4.69, 9.17) is 5.26 Å². The Labute approximate surface area is 125 Å². The molecule has 0 amide bonds. The lowest BCUT2D eigenvalue weighted by Gasteiger charge is -2.08. The Balaban J connectivity index is 2.01. The van der Waals surface area contributed by atoms with Crippen LogP contribution in [0.15, 0.2) is 53.4 Å². The number of nitriles is 1. The van der Waals surface area contributed by atoms with Gasteiger partial charge in [0, 0.05) is 12.2 Å². The second-order valence-corrected chi connectivity index (χ2v) is 6.86. The fraction of sp³-hybridized carbons (Fsp3) is 0.188. The fourth-order valence-corrected chi connectivity index (χ4v) is 3.08. The minimum absolute atomic E-state index is 0.0181. The van der Waals surface area contributed by atoms with Crippen molar-refractivity contribution in [2.75, 3.05) is 17.6 Å². The number of benzene rings is 2. The van der Waals surface area contributed by atoms with Gasteiger partial charge in [-0.05, 0) is 37.3 Å². The Morgan fingerprint density at radius 3 is 2.52 bits per heavy atom. The summed E-state index contributed by atoms with van der Waals surface area (Å²) >= 11 is 0. The molecule has 0 aliphatic carbocycles. The highest BCUT2D eigenvalue weighted by atomic mass is 32.2. The van der Waals surface area contributed by atoms with Crippen molar-refractivity contribution in [1.29, 1.82) is 5.26 Å². The van der Waals surface area contributed by atoms with Gasteiger partial charge in [-0.25, -0.2) is 8.42 Å². The standard InChI is InChI=1S/C16H16N2O2S/c1-13-5-7-15(8-6-13)18-9-10-21(19,20)16-4-2-3-14(11-16)12-17/h2-8,11,18H,9-10H2,1H3. The van der Waals surface area contributed by atoms with Gasteiger partial charge < -0.3 is 5.32 Å². The van der Waals surface area contributed by atoms with Crippen LogP contribution in [-0.4, -0.2) is 20.7 Å². The SMILES string of the molecule is Cc1ccc(NCCS(=O)(=O)c2cccc(C#N)c2)cc1. The van der Waals surface area contributed by atoms with Gasteiger partial charge in [0.2, 0.25) is 0 Å². The van der Waals surface area contributed by atoms with Crippen LogP contribution in [-0.2, 0) is 9.84 Å². The quantitative estimate of drug-likeness (QED) is 0.921. The lowest BCUT2D eigenvalue weighted by Crippen LogP contribution is -2.16. The molecule has 4 nitrogen and oxygen atoms in total. The normalized spacial score (nSPS) is 10.9. The molecule has 108 valence electrons. The van der Waals surface area contributed by atoms with E-state index in [1.165, 1.54) is 12.1 Å². The predicted molar refractivity (Wildman–Crippen MR) is 82.9 cm³/mol. The van der Waals surface area contributed by atoms with Crippen molar-refractivity contribution in [3.8, 4) is 6.07 Å². The summed E-state index contributed by atoms with van der Waals surface area (Å²) in [5, 5.41) is 11.9. The van der Waals surface area contributed by atoms with E-state index < -0.39 is 9.84 Å². The maximum atomic E-state index is 12.2. The molecule has 0 aliphatic heterocycles. The second kappa shape index (κ2) is 6.42. The van der Waals surface area contributed by atoms with Gasteiger partial charge in [-0.15, -0.1) is 0 Å². The Bertz CT molecular complexity index is 760. The highest BCUT2D eigenvalue weighted by Crippen LogP contribution is 2.14. The summed E-state index contributed by atoms with van der Waals surface area (Å²) in [5.74, 6) is -0.0181. The largest absolute Gasteiger partial charge is 0.384 e. The molecule has 21 heavy (non-hydrogen) atoms. The van der Waals surface area contributed by atoms with Crippen LogP contribution in [0, 0.1) is 18.3 Å². The molecule has 1 N–H and O–H groups in total. The number of nitrogens with zero attached hydrogens (tertiary/aromatic N) is 1. The van der Waals surface area contributed by atoms with Crippen molar-refractivity contribution >= 4 is 15.5 Å². The van der Waals surface area contributed by atoms with Crippen LogP contribution in [0.3, 0.4) is 0 Å². The van der Waals surface area contributed by atoms with E-state index in [-0.39, 0.29) is 10.6 Å². The molecule has 0 saturated carbocycles. The molecule has 0 unspecified atom stereocenters. The smallest absolute Gasteiger partial charge is 0.180 e. The minimum Gasteiger partial charge on any atom is -0.384 e. The number of rotatable bonds is 5. The number of anilines is 1. The third kappa shape index (κ3) is 4.07. The highest BCUT2D eigenvalue weighted by Gasteiger charge is 2.14. The topological polar surface area (TPSA) is 70.0 Å². The van der Waals surface area contributed by atoms with E-state index in [1.54, 1.807) is 12.1 Å². The average molecular weight is 300 g/mol. The van der Waals surface area contributed by atoms with E-state index in [1.807, 2.05) is 37.3 Å². The molecule has 0 aromatic heterocycles. The zero-order chi connectivity index (χ0) is 15.3. The van der Waals surface area contributed by atoms with Gasteiger partial charge in [0.05, 0.1) is 22.3 Å². The van der Waals surface area contributed by atoms with Gasteiger partial charge in [-0.2, -0.15) is 5.26 Å². The van der Waals surface area contributed by atoms with Crippen molar-refractivity contribution in [2.45, 2.75) is 11.8 Å². The first-order valence-electron chi connectivity index (χ1n) is 6.55. The van der Waals surface area contributed by atoms with Gasteiger partial charge >= 0.3 is 0 Å². The van der Waals surface area contributed by atoms with Crippen molar-refractivity contribution in [1.82, 2.24) is 0 Å². The van der Waals surface area contributed by atoms with Gasteiger partial charge in [-0.3, -0.25) is 0 Å². The first kappa shape index (κ1) is 15.1. The zero-order valence-electron chi connectivity index (χ0n) is 11.7.